The highest BCUT2D eigenvalue weighted by Crippen LogP contribution is 2.27. The molecule has 0 bridgehead atoms. The van der Waals surface area contributed by atoms with Crippen molar-refractivity contribution < 1.29 is 18.3 Å². The van der Waals surface area contributed by atoms with Crippen molar-refractivity contribution in [3.05, 3.63) is 11.8 Å². The number of carbonyl (C=O) groups is 1. The molecule has 0 unspecified atom stereocenters. The van der Waals surface area contributed by atoms with Gasteiger partial charge < -0.3 is 4.74 Å². The summed E-state index contributed by atoms with van der Waals surface area (Å²) in [6, 6.07) is 0. The van der Waals surface area contributed by atoms with Crippen LogP contribution in [0.4, 0.5) is 8.78 Å². The number of hydrogen-bond donors (Lipinski definition) is 0. The number of allylic oxidation sites excluding steroid dienone is 1. The van der Waals surface area contributed by atoms with Crippen LogP contribution >= 0.6 is 15.9 Å². The van der Waals surface area contributed by atoms with Gasteiger partial charge in [0.1, 0.15) is 0 Å². The number of halogens is 3. The van der Waals surface area contributed by atoms with E-state index >= 15 is 0 Å². The van der Waals surface area contributed by atoms with Crippen molar-refractivity contribution in [1.82, 2.24) is 0 Å². The van der Waals surface area contributed by atoms with E-state index in [9.17, 15) is 13.6 Å². The molecule has 0 saturated carbocycles. The average Bonchev–Trinajstić information content (AvgIpc) is 2.04. The molecule has 0 rings (SSSR count). The van der Waals surface area contributed by atoms with E-state index in [0.717, 1.165) is 6.26 Å². The Morgan fingerprint density at radius 1 is 1.54 bits per heavy atom. The second kappa shape index (κ2) is 5.32. The van der Waals surface area contributed by atoms with Gasteiger partial charge in [0, 0.05) is 5.57 Å². The van der Waals surface area contributed by atoms with Crippen LogP contribution in [0.25, 0.3) is 0 Å². The van der Waals surface area contributed by atoms with Gasteiger partial charge in [-0.05, 0) is 29.3 Å². The normalized spacial score (nSPS) is 12.8. The van der Waals surface area contributed by atoms with Crippen LogP contribution in [0.15, 0.2) is 11.8 Å². The van der Waals surface area contributed by atoms with E-state index in [1.54, 1.807) is 13.8 Å². The first-order valence-electron chi connectivity index (χ1n) is 3.85. The van der Waals surface area contributed by atoms with E-state index in [4.69, 9.17) is 4.74 Å². The van der Waals surface area contributed by atoms with Crippen molar-refractivity contribution in [3.63, 3.8) is 0 Å². The van der Waals surface area contributed by atoms with Gasteiger partial charge in [-0.1, -0.05) is 6.92 Å². The van der Waals surface area contributed by atoms with Crippen molar-refractivity contribution in [3.8, 4) is 0 Å². The predicted molar refractivity (Wildman–Crippen MR) is 48.9 cm³/mol. The molecule has 2 nitrogen and oxygen atoms in total. The molecular formula is C8H11BrF2O2. The molecule has 0 aliphatic carbocycles. The summed E-state index contributed by atoms with van der Waals surface area (Å²) in [5, 5.41) is 0. The topological polar surface area (TPSA) is 26.3 Å². The number of hydrogen-bond acceptors (Lipinski definition) is 2. The van der Waals surface area contributed by atoms with Crippen molar-refractivity contribution in [2.24, 2.45) is 0 Å². The van der Waals surface area contributed by atoms with Crippen LogP contribution in [0.5, 0.6) is 0 Å². The largest absolute Gasteiger partial charge is 0.501 e. The van der Waals surface area contributed by atoms with Crippen molar-refractivity contribution >= 4 is 21.7 Å². The van der Waals surface area contributed by atoms with Gasteiger partial charge in [-0.25, -0.2) is 0 Å². The summed E-state index contributed by atoms with van der Waals surface area (Å²) in [6.07, 6.45) is 1.30. The fourth-order valence-corrected chi connectivity index (χ4v) is 0.918. The number of Topliss-reactive ketones (excluding diaryl/α,β-unsaturated/α-hetero) is 1. The number of ether oxygens (including phenoxy) is 1. The van der Waals surface area contributed by atoms with Gasteiger partial charge >= 0.3 is 4.83 Å². The highest BCUT2D eigenvalue weighted by molar-refractivity contribution is 9.10. The smallest absolute Gasteiger partial charge is 0.362 e. The molecule has 0 aromatic heterocycles. The van der Waals surface area contributed by atoms with Gasteiger partial charge in [0.2, 0.25) is 5.78 Å². The van der Waals surface area contributed by atoms with Gasteiger partial charge in [-0.3, -0.25) is 4.79 Å². The Balaban J connectivity index is 4.50. The summed E-state index contributed by atoms with van der Waals surface area (Å²) in [5.74, 6) is -1.25. The van der Waals surface area contributed by atoms with Crippen LogP contribution < -0.4 is 0 Å². The lowest BCUT2D eigenvalue weighted by atomic mass is 10.1. The minimum atomic E-state index is -3.49. The Bertz CT molecular complexity index is 209. The number of alkyl halides is 3. The fourth-order valence-electron chi connectivity index (χ4n) is 0.663. The van der Waals surface area contributed by atoms with Gasteiger partial charge in [-0.15, -0.1) is 0 Å². The minimum absolute atomic E-state index is 0.0243. The standard InChI is InChI=1S/C8H11BrF2O2/c1-3-6(5-13-4-2)7(12)8(9,10)11/h5H,3-4H2,1-2H3/b6-5+. The first kappa shape index (κ1) is 12.6. The molecule has 0 aliphatic heterocycles. The molecule has 0 heterocycles. The third kappa shape index (κ3) is 4.36. The first-order valence-corrected chi connectivity index (χ1v) is 4.64. The van der Waals surface area contributed by atoms with E-state index in [-0.39, 0.29) is 12.0 Å². The highest BCUT2D eigenvalue weighted by Gasteiger charge is 2.36. The number of ketones is 1. The van der Waals surface area contributed by atoms with E-state index in [1.807, 2.05) is 15.9 Å². The molecule has 0 aromatic rings. The lowest BCUT2D eigenvalue weighted by Crippen LogP contribution is -2.22. The van der Waals surface area contributed by atoms with Crippen LogP contribution in [0.2, 0.25) is 0 Å². The Labute approximate surface area is 84.1 Å². The average molecular weight is 257 g/mol. The highest BCUT2D eigenvalue weighted by atomic mass is 79.9. The molecule has 0 aromatic carbocycles. The van der Waals surface area contributed by atoms with E-state index < -0.39 is 10.6 Å². The van der Waals surface area contributed by atoms with Crippen molar-refractivity contribution in [1.29, 1.82) is 0 Å². The van der Waals surface area contributed by atoms with E-state index in [1.165, 1.54) is 0 Å². The molecule has 5 heteroatoms. The summed E-state index contributed by atoms with van der Waals surface area (Å²) in [4.78, 5) is 7.46. The summed E-state index contributed by atoms with van der Waals surface area (Å²) in [5.41, 5.74) is -0.0243. The third-order valence-corrected chi connectivity index (χ3v) is 1.68. The number of rotatable bonds is 5. The summed E-state index contributed by atoms with van der Waals surface area (Å²) >= 11 is 2.00. The molecule has 0 N–H and O–H groups in total. The SMILES string of the molecule is CCO/C=C(\CC)C(=O)C(F)(F)Br. The molecule has 0 saturated heterocycles. The van der Waals surface area contributed by atoms with Crippen molar-refractivity contribution in [2.45, 2.75) is 25.1 Å². The lowest BCUT2D eigenvalue weighted by Gasteiger charge is -2.08. The van der Waals surface area contributed by atoms with E-state index in [2.05, 4.69) is 0 Å². The van der Waals surface area contributed by atoms with Gasteiger partial charge in [-0.2, -0.15) is 8.78 Å². The fraction of sp³-hybridized carbons (Fsp3) is 0.625. The summed E-state index contributed by atoms with van der Waals surface area (Å²) < 4.78 is 29.7. The van der Waals surface area contributed by atoms with Gasteiger partial charge in [0.05, 0.1) is 12.9 Å². The zero-order valence-electron chi connectivity index (χ0n) is 7.44. The Morgan fingerprint density at radius 2 is 2.08 bits per heavy atom. The maximum Gasteiger partial charge on any atom is 0.362 e. The second-order valence-electron chi connectivity index (χ2n) is 2.28. The molecule has 0 radical (unpaired) electrons. The molecule has 0 spiro atoms. The summed E-state index contributed by atoms with van der Waals surface area (Å²) in [6.45, 7) is 3.67. The van der Waals surface area contributed by atoms with Crippen LogP contribution in [0.3, 0.4) is 0 Å². The second-order valence-corrected chi connectivity index (χ2v) is 3.27. The van der Waals surface area contributed by atoms with E-state index in [0.29, 0.717) is 6.61 Å². The Morgan fingerprint density at radius 3 is 2.38 bits per heavy atom. The Kier molecular flexibility index (Phi) is 5.13. The summed E-state index contributed by atoms with van der Waals surface area (Å²) in [7, 11) is 0. The zero-order chi connectivity index (χ0) is 10.5. The van der Waals surface area contributed by atoms with Crippen LogP contribution in [0, 0.1) is 0 Å². The van der Waals surface area contributed by atoms with Crippen molar-refractivity contribution in [2.75, 3.05) is 6.61 Å². The monoisotopic (exact) mass is 256 g/mol. The van der Waals surface area contributed by atoms with Crippen LogP contribution in [-0.4, -0.2) is 17.2 Å². The van der Waals surface area contributed by atoms with Gasteiger partial charge in [0.15, 0.2) is 0 Å². The Hall–Kier alpha value is -0.450. The van der Waals surface area contributed by atoms with Gasteiger partial charge in [0.25, 0.3) is 0 Å². The first-order chi connectivity index (χ1) is 5.93. The third-order valence-electron chi connectivity index (χ3n) is 1.32. The quantitative estimate of drug-likeness (QED) is 0.430. The molecule has 76 valence electrons. The zero-order valence-corrected chi connectivity index (χ0v) is 9.03. The molecule has 0 fully saturated rings. The molecule has 0 aliphatic rings. The maximum absolute atomic E-state index is 12.5. The maximum atomic E-state index is 12.5. The molecular weight excluding hydrogens is 246 g/mol. The predicted octanol–water partition coefficient (Wildman–Crippen LogP) is 2.87. The molecule has 13 heavy (non-hydrogen) atoms. The van der Waals surface area contributed by atoms with Crippen LogP contribution in [0.1, 0.15) is 20.3 Å². The molecule has 0 amide bonds. The number of carbonyl (C=O) groups excluding carboxylic acids is 1. The lowest BCUT2D eigenvalue weighted by molar-refractivity contribution is -0.128. The molecule has 0 atom stereocenters. The van der Waals surface area contributed by atoms with Crippen LogP contribution in [-0.2, 0) is 9.53 Å². The minimum Gasteiger partial charge on any atom is -0.501 e.